The van der Waals surface area contributed by atoms with E-state index in [1.54, 1.807) is 0 Å². The molecule has 70 valence electrons. The molecule has 0 saturated heterocycles. The van der Waals surface area contributed by atoms with E-state index in [0.717, 1.165) is 22.3 Å². The van der Waals surface area contributed by atoms with Gasteiger partial charge in [-0.1, -0.05) is 30.3 Å². The molecule has 2 nitrogen and oxygen atoms in total. The third-order valence-electron chi connectivity index (χ3n) is 2.31. The molecular weight excluding hydrogens is 176 g/mol. The number of hydrogen-bond donors (Lipinski definition) is 1. The van der Waals surface area contributed by atoms with Gasteiger partial charge < -0.3 is 5.11 Å². The standard InChI is InChI=1S/C12H10O2/c1-8-6-9(7-12(13)14)11-5-3-2-4-10(8)11/h2-7H,1H3,(H,13,14)/b9-7+. The van der Waals surface area contributed by atoms with Gasteiger partial charge >= 0.3 is 5.97 Å². The predicted molar refractivity (Wildman–Crippen MR) is 55.7 cm³/mol. The fraction of sp³-hybridized carbons (Fsp3) is 0.0833. The van der Waals surface area contributed by atoms with Crippen molar-refractivity contribution in [1.29, 1.82) is 0 Å². The Morgan fingerprint density at radius 3 is 2.57 bits per heavy atom. The van der Waals surface area contributed by atoms with E-state index in [9.17, 15) is 4.79 Å². The maximum atomic E-state index is 10.6. The van der Waals surface area contributed by atoms with Gasteiger partial charge in [0, 0.05) is 6.08 Å². The molecule has 0 heterocycles. The molecule has 0 bridgehead atoms. The minimum Gasteiger partial charge on any atom is -0.478 e. The first kappa shape index (κ1) is 8.75. The lowest BCUT2D eigenvalue weighted by Crippen LogP contribution is -1.89. The van der Waals surface area contributed by atoms with Crippen LogP contribution in [-0.2, 0) is 4.79 Å². The summed E-state index contributed by atoms with van der Waals surface area (Å²) in [6.07, 6.45) is 3.15. The smallest absolute Gasteiger partial charge is 0.328 e. The van der Waals surface area contributed by atoms with E-state index in [4.69, 9.17) is 5.11 Å². The van der Waals surface area contributed by atoms with Crippen LogP contribution < -0.4 is 0 Å². The second kappa shape index (κ2) is 3.14. The molecule has 1 aliphatic rings. The number of carboxylic acids is 1. The van der Waals surface area contributed by atoms with Crippen molar-refractivity contribution in [2.75, 3.05) is 0 Å². The van der Waals surface area contributed by atoms with Crippen LogP contribution in [-0.4, -0.2) is 11.1 Å². The molecular formula is C12H10O2. The Morgan fingerprint density at radius 1 is 1.29 bits per heavy atom. The van der Waals surface area contributed by atoms with Gasteiger partial charge in [0.1, 0.15) is 0 Å². The molecule has 0 unspecified atom stereocenters. The quantitative estimate of drug-likeness (QED) is 0.684. The molecule has 14 heavy (non-hydrogen) atoms. The molecule has 0 fully saturated rings. The molecule has 1 N–H and O–H groups in total. The van der Waals surface area contributed by atoms with Crippen molar-refractivity contribution >= 4 is 17.1 Å². The summed E-state index contributed by atoms with van der Waals surface area (Å²) in [6.45, 7) is 1.99. The Morgan fingerprint density at radius 2 is 1.93 bits per heavy atom. The van der Waals surface area contributed by atoms with Gasteiger partial charge in [-0.15, -0.1) is 0 Å². The molecule has 1 aromatic rings. The number of benzene rings is 1. The zero-order valence-electron chi connectivity index (χ0n) is 7.82. The Balaban J connectivity index is 2.57. The van der Waals surface area contributed by atoms with Gasteiger partial charge in [0.25, 0.3) is 0 Å². The fourth-order valence-electron chi connectivity index (χ4n) is 1.72. The molecule has 0 amide bonds. The van der Waals surface area contributed by atoms with Crippen molar-refractivity contribution in [3.05, 3.63) is 47.5 Å². The van der Waals surface area contributed by atoms with Crippen LogP contribution in [0.25, 0.3) is 11.1 Å². The molecule has 0 aliphatic heterocycles. The highest BCUT2D eigenvalue weighted by atomic mass is 16.4. The number of carboxylic acid groups (broad SMARTS) is 1. The molecule has 1 aromatic carbocycles. The van der Waals surface area contributed by atoms with Crippen LogP contribution in [0, 0.1) is 0 Å². The SMILES string of the molecule is CC1=C/C(=C\C(=O)O)c2ccccc21. The third-order valence-corrected chi connectivity index (χ3v) is 2.31. The first-order chi connectivity index (χ1) is 6.68. The van der Waals surface area contributed by atoms with Crippen molar-refractivity contribution in [2.24, 2.45) is 0 Å². The van der Waals surface area contributed by atoms with E-state index in [0.29, 0.717) is 0 Å². The summed E-state index contributed by atoms with van der Waals surface area (Å²) in [7, 11) is 0. The van der Waals surface area contributed by atoms with Crippen molar-refractivity contribution in [1.82, 2.24) is 0 Å². The third kappa shape index (κ3) is 1.35. The first-order valence-electron chi connectivity index (χ1n) is 4.41. The van der Waals surface area contributed by atoms with Crippen molar-refractivity contribution in [2.45, 2.75) is 6.92 Å². The van der Waals surface area contributed by atoms with Crippen LogP contribution >= 0.6 is 0 Å². The maximum Gasteiger partial charge on any atom is 0.328 e. The van der Waals surface area contributed by atoms with E-state index in [2.05, 4.69) is 0 Å². The Hall–Kier alpha value is -1.83. The molecule has 0 radical (unpaired) electrons. The average Bonchev–Trinajstić information content (AvgIpc) is 2.44. The van der Waals surface area contributed by atoms with Gasteiger partial charge in [-0.2, -0.15) is 0 Å². The number of aliphatic carboxylic acids is 1. The topological polar surface area (TPSA) is 37.3 Å². The van der Waals surface area contributed by atoms with Crippen molar-refractivity contribution in [3.8, 4) is 0 Å². The zero-order chi connectivity index (χ0) is 10.1. The summed E-state index contributed by atoms with van der Waals surface area (Å²) in [5.74, 6) is -0.902. The first-order valence-corrected chi connectivity index (χ1v) is 4.41. The van der Waals surface area contributed by atoms with Crippen LogP contribution in [0.4, 0.5) is 0 Å². The molecule has 0 saturated carbocycles. The summed E-state index contributed by atoms with van der Waals surface area (Å²) < 4.78 is 0. The summed E-state index contributed by atoms with van der Waals surface area (Å²) in [5, 5.41) is 8.68. The average molecular weight is 186 g/mol. The lowest BCUT2D eigenvalue weighted by Gasteiger charge is -1.99. The Bertz CT molecular complexity index is 453. The van der Waals surface area contributed by atoms with E-state index in [1.807, 2.05) is 37.3 Å². The largest absolute Gasteiger partial charge is 0.478 e. The van der Waals surface area contributed by atoms with E-state index >= 15 is 0 Å². The van der Waals surface area contributed by atoms with Crippen LogP contribution in [0.1, 0.15) is 18.1 Å². The monoisotopic (exact) mass is 186 g/mol. The molecule has 0 aromatic heterocycles. The number of fused-ring (bicyclic) bond motifs is 1. The summed E-state index contributed by atoms with van der Waals surface area (Å²) in [5.41, 5.74) is 4.03. The number of hydrogen-bond acceptors (Lipinski definition) is 1. The fourth-order valence-corrected chi connectivity index (χ4v) is 1.72. The summed E-state index contributed by atoms with van der Waals surface area (Å²) in [6, 6.07) is 7.82. The Kier molecular flexibility index (Phi) is 1.97. The highest BCUT2D eigenvalue weighted by Crippen LogP contribution is 2.34. The molecule has 0 atom stereocenters. The normalized spacial score (nSPS) is 16.6. The predicted octanol–water partition coefficient (Wildman–Crippen LogP) is 2.57. The van der Waals surface area contributed by atoms with Gasteiger partial charge in [0.2, 0.25) is 0 Å². The van der Waals surface area contributed by atoms with Crippen LogP contribution in [0.3, 0.4) is 0 Å². The van der Waals surface area contributed by atoms with Gasteiger partial charge in [-0.3, -0.25) is 0 Å². The second-order valence-corrected chi connectivity index (χ2v) is 3.31. The van der Waals surface area contributed by atoms with Gasteiger partial charge in [-0.25, -0.2) is 4.79 Å². The van der Waals surface area contributed by atoms with E-state index in [1.165, 1.54) is 6.08 Å². The Labute approximate surface area is 82.2 Å². The molecule has 2 rings (SSSR count). The van der Waals surface area contributed by atoms with Crippen LogP contribution in [0.5, 0.6) is 0 Å². The molecule has 2 heteroatoms. The second-order valence-electron chi connectivity index (χ2n) is 3.31. The summed E-state index contributed by atoms with van der Waals surface area (Å²) in [4.78, 5) is 10.6. The highest BCUT2D eigenvalue weighted by Gasteiger charge is 2.14. The highest BCUT2D eigenvalue weighted by molar-refractivity contribution is 6.01. The molecule has 0 spiro atoms. The lowest BCUT2D eigenvalue weighted by molar-refractivity contribution is -0.131. The number of rotatable bonds is 1. The van der Waals surface area contributed by atoms with Crippen molar-refractivity contribution < 1.29 is 9.90 Å². The van der Waals surface area contributed by atoms with Gasteiger partial charge in [0.15, 0.2) is 0 Å². The lowest BCUT2D eigenvalue weighted by atomic mass is 10.0. The number of allylic oxidation sites excluding steroid dienone is 3. The minimum absolute atomic E-state index is 0.783. The maximum absolute atomic E-state index is 10.6. The van der Waals surface area contributed by atoms with Crippen LogP contribution in [0.2, 0.25) is 0 Å². The number of carbonyl (C=O) groups is 1. The van der Waals surface area contributed by atoms with E-state index < -0.39 is 5.97 Å². The van der Waals surface area contributed by atoms with Crippen molar-refractivity contribution in [3.63, 3.8) is 0 Å². The minimum atomic E-state index is -0.902. The van der Waals surface area contributed by atoms with Gasteiger partial charge in [0.05, 0.1) is 0 Å². The molecule has 1 aliphatic carbocycles. The van der Waals surface area contributed by atoms with Gasteiger partial charge in [-0.05, 0) is 29.2 Å². The summed E-state index contributed by atoms with van der Waals surface area (Å²) >= 11 is 0. The van der Waals surface area contributed by atoms with E-state index in [-0.39, 0.29) is 0 Å². The zero-order valence-corrected chi connectivity index (χ0v) is 7.82. The van der Waals surface area contributed by atoms with Crippen LogP contribution in [0.15, 0.2) is 36.4 Å².